The number of methoxy groups -OCH3 is 1. The Kier molecular flexibility index (Phi) is 7.50. The number of rotatable bonds is 9. The maximum atomic E-state index is 11.9. The standard InChI is InChI=1S/C15H24N2O4S/c1-13-6-4-7-14(10-13)11-17(22(3,19)20)12-15(18)16-8-5-9-21-2/h4,6-7,10H,5,8-9,11-12H2,1-3H3,(H,16,18). The van der Waals surface area contributed by atoms with Crippen molar-refractivity contribution >= 4 is 15.9 Å². The van der Waals surface area contributed by atoms with E-state index in [0.29, 0.717) is 19.6 Å². The number of carbonyl (C=O) groups is 1. The first-order valence-electron chi connectivity index (χ1n) is 7.09. The molecule has 0 saturated heterocycles. The molecule has 0 aliphatic heterocycles. The van der Waals surface area contributed by atoms with E-state index in [1.165, 1.54) is 4.31 Å². The second-order valence-corrected chi connectivity index (χ2v) is 7.20. The molecule has 0 heterocycles. The Morgan fingerprint density at radius 1 is 1.36 bits per heavy atom. The highest BCUT2D eigenvalue weighted by Crippen LogP contribution is 2.10. The minimum atomic E-state index is -3.46. The highest BCUT2D eigenvalue weighted by Gasteiger charge is 2.20. The van der Waals surface area contributed by atoms with Crippen LogP contribution in [-0.2, 0) is 26.1 Å². The van der Waals surface area contributed by atoms with Gasteiger partial charge in [0.2, 0.25) is 15.9 Å². The van der Waals surface area contributed by atoms with Crippen LogP contribution in [0.3, 0.4) is 0 Å². The fraction of sp³-hybridized carbons (Fsp3) is 0.533. The third kappa shape index (κ3) is 7.02. The van der Waals surface area contributed by atoms with Crippen molar-refractivity contribution in [2.24, 2.45) is 0 Å². The van der Waals surface area contributed by atoms with Gasteiger partial charge in [-0.3, -0.25) is 4.79 Å². The van der Waals surface area contributed by atoms with Gasteiger partial charge in [-0.15, -0.1) is 0 Å². The predicted molar refractivity (Wildman–Crippen MR) is 85.9 cm³/mol. The fourth-order valence-electron chi connectivity index (χ4n) is 1.96. The first-order chi connectivity index (χ1) is 10.3. The van der Waals surface area contributed by atoms with Crippen molar-refractivity contribution < 1.29 is 17.9 Å². The summed E-state index contributed by atoms with van der Waals surface area (Å²) >= 11 is 0. The lowest BCUT2D eigenvalue weighted by Gasteiger charge is -2.19. The van der Waals surface area contributed by atoms with E-state index in [0.717, 1.165) is 17.4 Å². The van der Waals surface area contributed by atoms with Crippen molar-refractivity contribution in [3.8, 4) is 0 Å². The molecule has 124 valence electrons. The second-order valence-electron chi connectivity index (χ2n) is 5.22. The van der Waals surface area contributed by atoms with E-state index in [2.05, 4.69) is 5.32 Å². The van der Waals surface area contributed by atoms with Gasteiger partial charge >= 0.3 is 0 Å². The van der Waals surface area contributed by atoms with Gasteiger partial charge in [0, 0.05) is 26.8 Å². The van der Waals surface area contributed by atoms with Crippen molar-refractivity contribution in [2.75, 3.05) is 33.1 Å². The zero-order valence-corrected chi connectivity index (χ0v) is 14.1. The van der Waals surface area contributed by atoms with Crippen molar-refractivity contribution in [3.05, 3.63) is 35.4 Å². The first kappa shape index (κ1) is 18.6. The van der Waals surface area contributed by atoms with Crippen LogP contribution in [0.25, 0.3) is 0 Å². The third-order valence-electron chi connectivity index (χ3n) is 3.08. The van der Waals surface area contributed by atoms with Gasteiger partial charge in [0.05, 0.1) is 12.8 Å². The molecule has 0 atom stereocenters. The van der Waals surface area contributed by atoms with Crippen molar-refractivity contribution in [1.29, 1.82) is 0 Å². The lowest BCUT2D eigenvalue weighted by atomic mass is 10.1. The maximum absolute atomic E-state index is 11.9. The molecule has 0 saturated carbocycles. The minimum absolute atomic E-state index is 0.181. The Bertz CT molecular complexity index is 587. The lowest BCUT2D eigenvalue weighted by Crippen LogP contribution is -2.40. The van der Waals surface area contributed by atoms with Crippen LogP contribution < -0.4 is 5.32 Å². The average molecular weight is 328 g/mol. The average Bonchev–Trinajstić information content (AvgIpc) is 2.42. The molecule has 7 heteroatoms. The zero-order chi connectivity index (χ0) is 16.6. The summed E-state index contributed by atoms with van der Waals surface area (Å²) < 4.78 is 29.8. The SMILES string of the molecule is COCCCNC(=O)CN(Cc1cccc(C)c1)S(C)(=O)=O. The summed E-state index contributed by atoms with van der Waals surface area (Å²) in [5, 5.41) is 2.69. The van der Waals surface area contributed by atoms with Gasteiger partial charge in [-0.05, 0) is 18.9 Å². The van der Waals surface area contributed by atoms with Gasteiger partial charge in [0.25, 0.3) is 0 Å². The molecule has 1 aromatic rings. The van der Waals surface area contributed by atoms with Crippen molar-refractivity contribution in [3.63, 3.8) is 0 Å². The molecule has 6 nitrogen and oxygen atoms in total. The second kappa shape index (κ2) is 8.87. The van der Waals surface area contributed by atoms with Gasteiger partial charge < -0.3 is 10.1 Å². The Balaban J connectivity index is 2.64. The number of aryl methyl sites for hydroxylation is 1. The van der Waals surface area contributed by atoms with E-state index >= 15 is 0 Å². The topological polar surface area (TPSA) is 75.7 Å². The van der Waals surface area contributed by atoms with Gasteiger partial charge in [0.1, 0.15) is 0 Å². The highest BCUT2D eigenvalue weighted by molar-refractivity contribution is 7.88. The lowest BCUT2D eigenvalue weighted by molar-refractivity contribution is -0.121. The molecule has 0 fully saturated rings. The van der Waals surface area contributed by atoms with E-state index in [4.69, 9.17) is 4.74 Å². The van der Waals surface area contributed by atoms with Crippen LogP contribution in [-0.4, -0.2) is 51.7 Å². The molecule has 0 radical (unpaired) electrons. The van der Waals surface area contributed by atoms with Crippen LogP contribution in [0.1, 0.15) is 17.5 Å². The molecule has 0 aromatic heterocycles. The van der Waals surface area contributed by atoms with Crippen LogP contribution in [0.5, 0.6) is 0 Å². The molecule has 0 aliphatic rings. The number of hydrogen-bond donors (Lipinski definition) is 1. The Labute approximate surface area is 132 Å². The fourth-order valence-corrected chi connectivity index (χ4v) is 2.70. The number of carbonyl (C=O) groups excluding carboxylic acids is 1. The number of amides is 1. The van der Waals surface area contributed by atoms with E-state index in [9.17, 15) is 13.2 Å². The van der Waals surface area contributed by atoms with Gasteiger partial charge in [0.15, 0.2) is 0 Å². The number of nitrogens with zero attached hydrogens (tertiary/aromatic N) is 1. The van der Waals surface area contributed by atoms with Crippen LogP contribution >= 0.6 is 0 Å². The van der Waals surface area contributed by atoms with Crippen LogP contribution in [0.4, 0.5) is 0 Å². The number of benzene rings is 1. The minimum Gasteiger partial charge on any atom is -0.385 e. The molecule has 1 N–H and O–H groups in total. The predicted octanol–water partition coefficient (Wildman–Crippen LogP) is 0.909. The van der Waals surface area contributed by atoms with E-state index < -0.39 is 10.0 Å². The largest absolute Gasteiger partial charge is 0.385 e. The molecule has 0 spiro atoms. The summed E-state index contributed by atoms with van der Waals surface area (Å²) in [5.41, 5.74) is 1.91. The zero-order valence-electron chi connectivity index (χ0n) is 13.3. The molecule has 0 bridgehead atoms. The highest BCUT2D eigenvalue weighted by atomic mass is 32.2. The van der Waals surface area contributed by atoms with Gasteiger partial charge in [-0.25, -0.2) is 8.42 Å². The molecule has 1 rings (SSSR count). The molecule has 0 unspecified atom stereocenters. The van der Waals surface area contributed by atoms with Gasteiger partial charge in [-0.1, -0.05) is 29.8 Å². The van der Waals surface area contributed by atoms with Gasteiger partial charge in [-0.2, -0.15) is 4.31 Å². The summed E-state index contributed by atoms with van der Waals surface area (Å²) in [6, 6.07) is 7.57. The molecule has 1 amide bonds. The summed E-state index contributed by atoms with van der Waals surface area (Å²) in [7, 11) is -1.87. The molecule has 1 aromatic carbocycles. The summed E-state index contributed by atoms with van der Waals surface area (Å²) in [6.45, 7) is 2.97. The van der Waals surface area contributed by atoms with Crippen LogP contribution in [0.2, 0.25) is 0 Å². The number of nitrogens with one attached hydrogen (secondary N) is 1. The number of sulfonamides is 1. The van der Waals surface area contributed by atoms with E-state index in [-0.39, 0.29) is 19.0 Å². The molecule has 0 aliphatic carbocycles. The number of ether oxygens (including phenoxy) is 1. The van der Waals surface area contributed by atoms with Crippen molar-refractivity contribution in [1.82, 2.24) is 9.62 Å². The molecule has 22 heavy (non-hydrogen) atoms. The Morgan fingerprint density at radius 2 is 2.09 bits per heavy atom. The maximum Gasteiger partial charge on any atom is 0.235 e. The van der Waals surface area contributed by atoms with Crippen LogP contribution in [0, 0.1) is 6.92 Å². The summed E-state index contributed by atoms with van der Waals surface area (Å²) in [4.78, 5) is 11.9. The van der Waals surface area contributed by atoms with Crippen LogP contribution in [0.15, 0.2) is 24.3 Å². The monoisotopic (exact) mass is 328 g/mol. The molecular weight excluding hydrogens is 304 g/mol. The smallest absolute Gasteiger partial charge is 0.235 e. The van der Waals surface area contributed by atoms with Crippen molar-refractivity contribution in [2.45, 2.75) is 19.9 Å². The third-order valence-corrected chi connectivity index (χ3v) is 4.27. The normalized spacial score (nSPS) is 11.6. The number of hydrogen-bond acceptors (Lipinski definition) is 4. The Hall–Kier alpha value is -1.44. The molecular formula is C15H24N2O4S. The first-order valence-corrected chi connectivity index (χ1v) is 8.94. The quantitative estimate of drug-likeness (QED) is 0.684. The summed E-state index contributed by atoms with van der Waals surface area (Å²) in [5.74, 6) is -0.311. The summed E-state index contributed by atoms with van der Waals surface area (Å²) in [6.07, 6.45) is 1.81. The van der Waals surface area contributed by atoms with E-state index in [1.54, 1.807) is 7.11 Å². The Morgan fingerprint density at radius 3 is 2.68 bits per heavy atom. The van der Waals surface area contributed by atoms with E-state index in [1.807, 2.05) is 31.2 Å².